The zero-order valence-electron chi connectivity index (χ0n) is 12.5. The Labute approximate surface area is 120 Å². The molecule has 0 unspecified atom stereocenters. The molecule has 0 aliphatic rings. The van der Waals surface area contributed by atoms with Gasteiger partial charge in [-0.05, 0) is 43.0 Å². The van der Waals surface area contributed by atoms with Crippen molar-refractivity contribution in [3.63, 3.8) is 0 Å². The molecule has 0 saturated carbocycles. The first-order valence-corrected chi connectivity index (χ1v) is 7.46. The summed E-state index contributed by atoms with van der Waals surface area (Å²) in [7, 11) is 0. The van der Waals surface area contributed by atoms with Crippen LogP contribution in [0.4, 0.5) is 0 Å². The lowest BCUT2D eigenvalue weighted by Gasteiger charge is -2.06. The van der Waals surface area contributed by atoms with Crippen molar-refractivity contribution < 1.29 is 5.11 Å². The van der Waals surface area contributed by atoms with Gasteiger partial charge >= 0.3 is 0 Å². The minimum Gasteiger partial charge on any atom is -0.396 e. The first-order chi connectivity index (χ1) is 9.72. The summed E-state index contributed by atoms with van der Waals surface area (Å²) in [5, 5.41) is 13.6. The molecule has 0 atom stereocenters. The van der Waals surface area contributed by atoms with Crippen LogP contribution in [0.25, 0.3) is 11.0 Å². The van der Waals surface area contributed by atoms with Crippen molar-refractivity contribution in [1.82, 2.24) is 14.9 Å². The van der Waals surface area contributed by atoms with Crippen molar-refractivity contribution in [3.05, 3.63) is 30.1 Å². The van der Waals surface area contributed by atoms with E-state index in [1.54, 1.807) is 0 Å². The molecule has 20 heavy (non-hydrogen) atoms. The first kappa shape index (κ1) is 15.0. The van der Waals surface area contributed by atoms with E-state index in [9.17, 15) is 0 Å². The Morgan fingerprint density at radius 1 is 1.35 bits per heavy atom. The van der Waals surface area contributed by atoms with E-state index in [2.05, 4.69) is 41.0 Å². The van der Waals surface area contributed by atoms with Crippen molar-refractivity contribution in [1.29, 1.82) is 0 Å². The molecule has 0 aliphatic heterocycles. The number of unbranched alkanes of at least 4 members (excludes halogenated alkanes) is 1. The SMILES string of the molecule is CC(C)CNCc1cn(CCCCO)c2ncccc12. The number of fused-ring (bicyclic) bond motifs is 1. The van der Waals surface area contributed by atoms with Crippen LogP contribution in [0.3, 0.4) is 0 Å². The minimum atomic E-state index is 0.259. The fraction of sp³-hybridized carbons (Fsp3) is 0.562. The van der Waals surface area contributed by atoms with E-state index in [1.807, 2.05) is 12.3 Å². The van der Waals surface area contributed by atoms with Gasteiger partial charge in [-0.2, -0.15) is 0 Å². The molecule has 0 aromatic carbocycles. The highest BCUT2D eigenvalue weighted by atomic mass is 16.2. The molecular weight excluding hydrogens is 250 g/mol. The molecule has 0 radical (unpaired) electrons. The van der Waals surface area contributed by atoms with Crippen LogP contribution in [0.1, 0.15) is 32.3 Å². The number of aliphatic hydroxyl groups is 1. The number of aryl methyl sites for hydroxylation is 1. The van der Waals surface area contributed by atoms with E-state index < -0.39 is 0 Å². The summed E-state index contributed by atoms with van der Waals surface area (Å²) in [4.78, 5) is 4.50. The van der Waals surface area contributed by atoms with Gasteiger partial charge in [0, 0.05) is 37.5 Å². The van der Waals surface area contributed by atoms with Crippen molar-refractivity contribution in [2.24, 2.45) is 5.92 Å². The molecule has 4 heteroatoms. The average Bonchev–Trinajstić information content (AvgIpc) is 2.78. The fourth-order valence-corrected chi connectivity index (χ4v) is 2.40. The second-order valence-corrected chi connectivity index (χ2v) is 5.68. The number of rotatable bonds is 8. The van der Waals surface area contributed by atoms with Crippen molar-refractivity contribution in [2.75, 3.05) is 13.2 Å². The lowest BCUT2D eigenvalue weighted by atomic mass is 10.2. The molecular formula is C16H25N3O. The van der Waals surface area contributed by atoms with Crippen LogP contribution in [0, 0.1) is 5.92 Å². The zero-order valence-corrected chi connectivity index (χ0v) is 12.5. The Morgan fingerprint density at radius 2 is 2.20 bits per heavy atom. The topological polar surface area (TPSA) is 50.1 Å². The summed E-state index contributed by atoms with van der Waals surface area (Å²) in [5.41, 5.74) is 2.35. The standard InChI is InChI=1S/C16H25N3O/c1-13(2)10-17-11-14-12-19(8-3-4-9-20)16-15(14)6-5-7-18-16/h5-7,12-13,17,20H,3-4,8-11H2,1-2H3. The molecule has 0 bridgehead atoms. The predicted octanol–water partition coefficient (Wildman–Crippen LogP) is 2.55. The van der Waals surface area contributed by atoms with Gasteiger partial charge in [0.25, 0.3) is 0 Å². The van der Waals surface area contributed by atoms with Gasteiger partial charge in [-0.25, -0.2) is 4.98 Å². The smallest absolute Gasteiger partial charge is 0.140 e. The van der Waals surface area contributed by atoms with Crippen LogP contribution in [0.5, 0.6) is 0 Å². The summed E-state index contributed by atoms with van der Waals surface area (Å²) in [6.45, 7) is 7.51. The second kappa shape index (κ2) is 7.41. The molecule has 0 saturated heterocycles. The molecule has 2 rings (SSSR count). The third-order valence-electron chi connectivity index (χ3n) is 3.39. The highest BCUT2D eigenvalue weighted by Crippen LogP contribution is 2.19. The van der Waals surface area contributed by atoms with E-state index >= 15 is 0 Å². The first-order valence-electron chi connectivity index (χ1n) is 7.46. The maximum absolute atomic E-state index is 8.90. The van der Waals surface area contributed by atoms with Gasteiger partial charge in [-0.3, -0.25) is 0 Å². The van der Waals surface area contributed by atoms with E-state index in [0.29, 0.717) is 5.92 Å². The van der Waals surface area contributed by atoms with E-state index in [-0.39, 0.29) is 6.61 Å². The van der Waals surface area contributed by atoms with Crippen molar-refractivity contribution in [3.8, 4) is 0 Å². The van der Waals surface area contributed by atoms with Gasteiger partial charge in [-0.15, -0.1) is 0 Å². The summed E-state index contributed by atoms with van der Waals surface area (Å²) < 4.78 is 2.21. The number of hydrogen-bond donors (Lipinski definition) is 2. The average molecular weight is 275 g/mol. The number of pyridine rings is 1. The molecule has 110 valence electrons. The van der Waals surface area contributed by atoms with Gasteiger partial charge in [0.1, 0.15) is 5.65 Å². The lowest BCUT2D eigenvalue weighted by molar-refractivity contribution is 0.281. The molecule has 0 amide bonds. The second-order valence-electron chi connectivity index (χ2n) is 5.68. The largest absolute Gasteiger partial charge is 0.396 e. The lowest BCUT2D eigenvalue weighted by Crippen LogP contribution is -2.18. The Hall–Kier alpha value is -1.39. The van der Waals surface area contributed by atoms with Crippen molar-refractivity contribution in [2.45, 2.75) is 39.8 Å². The van der Waals surface area contributed by atoms with E-state index in [1.165, 1.54) is 10.9 Å². The molecule has 4 nitrogen and oxygen atoms in total. The molecule has 0 spiro atoms. The van der Waals surface area contributed by atoms with Gasteiger partial charge in [0.15, 0.2) is 0 Å². The Morgan fingerprint density at radius 3 is 2.95 bits per heavy atom. The van der Waals surface area contributed by atoms with E-state index in [4.69, 9.17) is 5.11 Å². The summed E-state index contributed by atoms with van der Waals surface area (Å²) in [6.07, 6.45) is 5.86. The molecule has 2 aromatic rings. The monoisotopic (exact) mass is 275 g/mol. The molecule has 0 fully saturated rings. The normalized spacial score (nSPS) is 11.6. The Bertz CT molecular complexity index is 534. The third-order valence-corrected chi connectivity index (χ3v) is 3.39. The summed E-state index contributed by atoms with van der Waals surface area (Å²) in [5.74, 6) is 0.658. The Kier molecular flexibility index (Phi) is 5.56. The van der Waals surface area contributed by atoms with Gasteiger partial charge in [0.05, 0.1) is 0 Å². The zero-order chi connectivity index (χ0) is 14.4. The highest BCUT2D eigenvalue weighted by Gasteiger charge is 2.08. The van der Waals surface area contributed by atoms with E-state index in [0.717, 1.165) is 38.1 Å². The highest BCUT2D eigenvalue weighted by molar-refractivity contribution is 5.80. The molecule has 2 N–H and O–H groups in total. The predicted molar refractivity (Wildman–Crippen MR) is 82.6 cm³/mol. The number of nitrogens with one attached hydrogen (secondary N) is 1. The number of aromatic nitrogens is 2. The maximum Gasteiger partial charge on any atom is 0.140 e. The fourth-order valence-electron chi connectivity index (χ4n) is 2.40. The van der Waals surface area contributed by atoms with Crippen LogP contribution in [0.2, 0.25) is 0 Å². The Balaban J connectivity index is 2.13. The third kappa shape index (κ3) is 3.81. The quantitative estimate of drug-likeness (QED) is 0.728. The van der Waals surface area contributed by atoms with Crippen LogP contribution < -0.4 is 5.32 Å². The molecule has 2 aromatic heterocycles. The van der Waals surface area contributed by atoms with Crippen LogP contribution in [-0.2, 0) is 13.1 Å². The van der Waals surface area contributed by atoms with Gasteiger partial charge in [-0.1, -0.05) is 13.8 Å². The summed E-state index contributed by atoms with van der Waals surface area (Å²) >= 11 is 0. The van der Waals surface area contributed by atoms with Crippen LogP contribution in [-0.4, -0.2) is 27.8 Å². The number of nitrogens with zero attached hydrogens (tertiary/aromatic N) is 2. The molecule has 0 aliphatic carbocycles. The summed E-state index contributed by atoms with van der Waals surface area (Å²) in [6, 6.07) is 4.13. The number of aliphatic hydroxyl groups excluding tert-OH is 1. The van der Waals surface area contributed by atoms with Crippen molar-refractivity contribution >= 4 is 11.0 Å². The van der Waals surface area contributed by atoms with Crippen LogP contribution in [0.15, 0.2) is 24.5 Å². The molecule has 2 heterocycles. The van der Waals surface area contributed by atoms with Crippen LogP contribution >= 0.6 is 0 Å². The van der Waals surface area contributed by atoms with Gasteiger partial charge in [0.2, 0.25) is 0 Å². The minimum absolute atomic E-state index is 0.259. The maximum atomic E-state index is 8.90. The number of hydrogen-bond acceptors (Lipinski definition) is 3. The van der Waals surface area contributed by atoms with Gasteiger partial charge < -0.3 is 15.0 Å².